The van der Waals surface area contributed by atoms with Crippen LogP contribution in [0.1, 0.15) is 26.8 Å². The van der Waals surface area contributed by atoms with E-state index in [1.807, 2.05) is 75.4 Å². The maximum Gasteiger partial charge on any atom is 0.335 e. The molecule has 10 nitrogen and oxygen atoms in total. The van der Waals surface area contributed by atoms with Crippen LogP contribution in [0.5, 0.6) is 11.5 Å². The van der Waals surface area contributed by atoms with E-state index in [9.17, 15) is 9.59 Å². The van der Waals surface area contributed by atoms with Crippen LogP contribution in [0.2, 0.25) is 0 Å². The molecule has 0 unspecified atom stereocenters. The third-order valence-corrected chi connectivity index (χ3v) is 5.28. The molecule has 0 atom stereocenters. The smallest absolute Gasteiger partial charge is 0.335 e. The summed E-state index contributed by atoms with van der Waals surface area (Å²) in [6.45, 7) is 7.38. The lowest BCUT2D eigenvalue weighted by Gasteiger charge is -2.27. The third-order valence-electron chi connectivity index (χ3n) is 5.28. The maximum absolute atomic E-state index is 13.2. The molecule has 4 aromatic rings. The molecule has 0 saturated carbocycles. The third kappa shape index (κ3) is 5.33. The van der Waals surface area contributed by atoms with Gasteiger partial charge in [-0.3, -0.25) is 13.9 Å². The van der Waals surface area contributed by atoms with E-state index in [2.05, 4.69) is 20.0 Å². The Balaban J connectivity index is 0.000000364. The lowest BCUT2D eigenvalue weighted by molar-refractivity contribution is -0.138. The number of hydrogen-bond donors (Lipinski definition) is 2. The predicted octanol–water partition coefficient (Wildman–Crippen LogP) is 3.06. The number of carbonyl (C=O) groups is 1. The summed E-state index contributed by atoms with van der Waals surface area (Å²) in [5, 5.41) is 3.19. The van der Waals surface area contributed by atoms with Gasteiger partial charge < -0.3 is 20.5 Å². The summed E-state index contributed by atoms with van der Waals surface area (Å²) in [6, 6.07) is 16.9. The number of carbonyl (C=O) groups excluding carboxylic acids is 1. The number of hydrogen-bond acceptors (Lipinski definition) is 8. The second-order valence-electron chi connectivity index (χ2n) is 8.97. The Kier molecular flexibility index (Phi) is 6.83. The topological polar surface area (TPSA) is 126 Å². The number of nitrogens with zero attached hydrogens (tertiary/aromatic N) is 4. The number of ether oxygens (including phenoxy) is 2. The molecule has 3 heterocycles. The fourth-order valence-electron chi connectivity index (χ4n) is 3.52. The summed E-state index contributed by atoms with van der Waals surface area (Å²) in [4.78, 5) is 31.2. The SMILES string of the molecule is CC(C)(C)OC=O.Nc1ncnc2c1n(-c1ccc(Oc3ccccc3)cc1)c(=O)n2C1CNC1. The van der Waals surface area contributed by atoms with Gasteiger partial charge in [-0.2, -0.15) is 0 Å². The molecule has 1 saturated heterocycles. The Hall–Kier alpha value is -4.18. The quantitative estimate of drug-likeness (QED) is 0.421. The van der Waals surface area contributed by atoms with Gasteiger partial charge in [-0.1, -0.05) is 18.2 Å². The normalized spacial score (nSPS) is 13.5. The van der Waals surface area contributed by atoms with E-state index in [-0.39, 0.29) is 23.2 Å². The molecule has 0 amide bonds. The molecule has 2 aromatic heterocycles. The van der Waals surface area contributed by atoms with Crippen molar-refractivity contribution in [3.05, 3.63) is 71.4 Å². The lowest BCUT2D eigenvalue weighted by atomic mass is 10.2. The molecule has 0 spiro atoms. The van der Waals surface area contributed by atoms with Crippen molar-refractivity contribution in [1.29, 1.82) is 0 Å². The van der Waals surface area contributed by atoms with Gasteiger partial charge in [0.2, 0.25) is 0 Å². The zero-order valence-corrected chi connectivity index (χ0v) is 19.8. The van der Waals surface area contributed by atoms with Crippen LogP contribution < -0.4 is 21.5 Å². The number of fused-ring (bicyclic) bond motifs is 1. The molecule has 0 radical (unpaired) electrons. The van der Waals surface area contributed by atoms with Crippen LogP contribution in [-0.4, -0.2) is 44.3 Å². The first kappa shape index (κ1) is 24.0. The van der Waals surface area contributed by atoms with E-state index in [4.69, 9.17) is 10.5 Å². The van der Waals surface area contributed by atoms with E-state index >= 15 is 0 Å². The minimum Gasteiger partial charge on any atom is -0.462 e. The van der Waals surface area contributed by atoms with Gasteiger partial charge >= 0.3 is 5.69 Å². The van der Waals surface area contributed by atoms with Crippen LogP contribution in [0, 0.1) is 0 Å². The average Bonchev–Trinajstić information content (AvgIpc) is 3.07. The molecule has 0 bridgehead atoms. The van der Waals surface area contributed by atoms with Crippen molar-refractivity contribution in [1.82, 2.24) is 24.4 Å². The number of aromatic nitrogens is 4. The Bertz CT molecular complexity index is 1350. The molecule has 1 fully saturated rings. The second-order valence-corrected chi connectivity index (χ2v) is 8.97. The largest absolute Gasteiger partial charge is 0.462 e. The van der Waals surface area contributed by atoms with E-state index in [0.717, 1.165) is 18.8 Å². The van der Waals surface area contributed by atoms with Crippen LogP contribution in [0.15, 0.2) is 65.7 Å². The molecule has 10 heteroatoms. The standard InChI is InChI=1S/C20H18N6O2.C5H10O2/c21-18-17-19(24-12-23-18)26(14-10-22-11-14)20(27)25(17)13-6-8-16(9-7-13)28-15-4-2-1-3-5-15;1-5(2,3)7-4-6/h1-9,12,14,22H,10-11H2,(H2,21,23,24);4H,1-3H3. The molecule has 2 aromatic carbocycles. The van der Waals surface area contributed by atoms with E-state index in [1.165, 1.54) is 6.33 Å². The van der Waals surface area contributed by atoms with Crippen molar-refractivity contribution in [2.24, 2.45) is 0 Å². The number of anilines is 1. The Morgan fingerprint density at radius 1 is 1.03 bits per heavy atom. The maximum atomic E-state index is 13.2. The van der Waals surface area contributed by atoms with Gasteiger partial charge in [0.1, 0.15) is 28.9 Å². The molecule has 3 N–H and O–H groups in total. The second kappa shape index (κ2) is 9.98. The molecule has 0 aliphatic carbocycles. The lowest BCUT2D eigenvalue weighted by Crippen LogP contribution is -2.47. The zero-order valence-electron chi connectivity index (χ0n) is 19.8. The van der Waals surface area contributed by atoms with Crippen molar-refractivity contribution in [3.8, 4) is 17.2 Å². The van der Waals surface area contributed by atoms with E-state index in [0.29, 0.717) is 29.1 Å². The minimum absolute atomic E-state index is 0.0613. The molecule has 35 heavy (non-hydrogen) atoms. The number of rotatable bonds is 5. The highest BCUT2D eigenvalue weighted by Crippen LogP contribution is 2.26. The van der Waals surface area contributed by atoms with Gasteiger partial charge in [-0.25, -0.2) is 14.8 Å². The molecule has 182 valence electrons. The van der Waals surface area contributed by atoms with Crippen LogP contribution in [0.3, 0.4) is 0 Å². The Morgan fingerprint density at radius 2 is 1.69 bits per heavy atom. The van der Waals surface area contributed by atoms with Crippen molar-refractivity contribution in [2.75, 3.05) is 18.8 Å². The van der Waals surface area contributed by atoms with Gasteiger partial charge in [0.25, 0.3) is 6.47 Å². The summed E-state index contributed by atoms with van der Waals surface area (Å²) in [7, 11) is 0. The first-order valence-electron chi connectivity index (χ1n) is 11.2. The van der Waals surface area contributed by atoms with Gasteiger partial charge in [-0.05, 0) is 57.2 Å². The monoisotopic (exact) mass is 476 g/mol. The number of nitrogens with one attached hydrogen (secondary N) is 1. The van der Waals surface area contributed by atoms with Gasteiger partial charge in [0.05, 0.1) is 11.7 Å². The highest BCUT2D eigenvalue weighted by atomic mass is 16.5. The molecular weight excluding hydrogens is 448 g/mol. The highest BCUT2D eigenvalue weighted by Gasteiger charge is 2.27. The molecular formula is C25H28N6O4. The first-order valence-corrected chi connectivity index (χ1v) is 11.2. The van der Waals surface area contributed by atoms with E-state index in [1.54, 1.807) is 9.13 Å². The summed E-state index contributed by atoms with van der Waals surface area (Å²) < 4.78 is 13.6. The van der Waals surface area contributed by atoms with Crippen molar-refractivity contribution in [2.45, 2.75) is 32.4 Å². The summed E-state index contributed by atoms with van der Waals surface area (Å²) in [6.07, 6.45) is 1.39. The molecule has 1 aliphatic rings. The number of nitrogens with two attached hydrogens (primary N) is 1. The number of para-hydroxylation sites is 1. The van der Waals surface area contributed by atoms with E-state index < -0.39 is 0 Å². The fourth-order valence-corrected chi connectivity index (χ4v) is 3.52. The number of benzene rings is 2. The van der Waals surface area contributed by atoms with Gasteiger partial charge in [0, 0.05) is 13.1 Å². The Labute approximate surface area is 202 Å². The van der Waals surface area contributed by atoms with Gasteiger partial charge in [-0.15, -0.1) is 0 Å². The minimum atomic E-state index is -0.318. The van der Waals surface area contributed by atoms with Gasteiger partial charge in [0.15, 0.2) is 11.5 Å². The highest BCUT2D eigenvalue weighted by molar-refractivity contribution is 5.84. The first-order chi connectivity index (χ1) is 16.8. The van der Waals surface area contributed by atoms with Crippen molar-refractivity contribution < 1.29 is 14.3 Å². The number of nitrogen functional groups attached to an aromatic ring is 1. The molecule has 1 aliphatic heterocycles. The zero-order chi connectivity index (χ0) is 25.0. The molecule has 5 rings (SSSR count). The summed E-state index contributed by atoms with van der Waals surface area (Å²) >= 11 is 0. The predicted molar refractivity (Wildman–Crippen MR) is 133 cm³/mol. The Morgan fingerprint density at radius 3 is 2.23 bits per heavy atom. The number of imidazole rings is 1. The average molecular weight is 477 g/mol. The van der Waals surface area contributed by atoms with Crippen molar-refractivity contribution >= 4 is 23.5 Å². The fraction of sp³-hybridized carbons (Fsp3) is 0.280. The van der Waals surface area contributed by atoms with Crippen molar-refractivity contribution in [3.63, 3.8) is 0 Å². The van der Waals surface area contributed by atoms with Crippen LogP contribution in [-0.2, 0) is 9.53 Å². The summed E-state index contributed by atoms with van der Waals surface area (Å²) in [5.41, 5.74) is 7.37. The van der Waals surface area contributed by atoms with Crippen LogP contribution >= 0.6 is 0 Å². The van der Waals surface area contributed by atoms with Crippen LogP contribution in [0.25, 0.3) is 16.9 Å². The van der Waals surface area contributed by atoms with Crippen LogP contribution in [0.4, 0.5) is 5.82 Å². The summed E-state index contributed by atoms with van der Waals surface area (Å²) in [5.74, 6) is 1.70.